The molecular formula is C13H18O3. The highest BCUT2D eigenvalue weighted by Crippen LogP contribution is 2.47. The molecule has 0 aromatic rings. The number of allylic oxidation sites excluding steroid dienone is 1. The van der Waals surface area contributed by atoms with Gasteiger partial charge in [0.05, 0.1) is 7.11 Å². The molecule has 0 radical (unpaired) electrons. The third-order valence-corrected chi connectivity index (χ3v) is 4.08. The summed E-state index contributed by atoms with van der Waals surface area (Å²) in [7, 11) is 1.37. The van der Waals surface area contributed by atoms with Crippen molar-refractivity contribution in [2.24, 2.45) is 11.3 Å². The first-order chi connectivity index (χ1) is 7.62. The Hall–Kier alpha value is -1.12. The Bertz CT molecular complexity index is 345. The van der Waals surface area contributed by atoms with Gasteiger partial charge in [0.15, 0.2) is 5.78 Å². The van der Waals surface area contributed by atoms with Crippen molar-refractivity contribution in [3.05, 3.63) is 12.2 Å². The van der Waals surface area contributed by atoms with Crippen molar-refractivity contribution in [2.45, 2.75) is 38.5 Å². The normalized spacial score (nSPS) is 34.4. The number of Topliss-reactive ketones (excluding diaryl/α,β-unsaturated/α-hetero) is 1. The SMILES string of the molecule is C=C1CCC2(C(=O)OC)CCCCC1C2=O. The van der Waals surface area contributed by atoms with Gasteiger partial charge in [-0.1, -0.05) is 25.0 Å². The molecule has 2 aliphatic carbocycles. The molecule has 0 aromatic heterocycles. The lowest BCUT2D eigenvalue weighted by Gasteiger charge is -2.36. The molecule has 2 fully saturated rings. The number of hydrogen-bond donors (Lipinski definition) is 0. The summed E-state index contributed by atoms with van der Waals surface area (Å²) in [5.74, 6) is -0.375. The first kappa shape index (κ1) is 11.4. The van der Waals surface area contributed by atoms with Crippen LogP contribution in [0, 0.1) is 11.3 Å². The van der Waals surface area contributed by atoms with Gasteiger partial charge in [0, 0.05) is 5.92 Å². The molecule has 0 aromatic carbocycles. The Balaban J connectivity index is 2.39. The monoisotopic (exact) mass is 222 g/mol. The van der Waals surface area contributed by atoms with Gasteiger partial charge in [-0.05, 0) is 25.7 Å². The van der Waals surface area contributed by atoms with Crippen molar-refractivity contribution in [2.75, 3.05) is 7.11 Å². The van der Waals surface area contributed by atoms with E-state index >= 15 is 0 Å². The van der Waals surface area contributed by atoms with E-state index in [-0.39, 0.29) is 17.7 Å². The zero-order chi connectivity index (χ0) is 11.8. The zero-order valence-corrected chi connectivity index (χ0v) is 9.75. The van der Waals surface area contributed by atoms with Gasteiger partial charge in [-0.15, -0.1) is 0 Å². The van der Waals surface area contributed by atoms with Crippen LogP contribution in [0.3, 0.4) is 0 Å². The topological polar surface area (TPSA) is 43.4 Å². The molecule has 2 atom stereocenters. The fourth-order valence-electron chi connectivity index (χ4n) is 3.05. The maximum Gasteiger partial charge on any atom is 0.319 e. The van der Waals surface area contributed by atoms with Gasteiger partial charge < -0.3 is 4.74 Å². The van der Waals surface area contributed by atoms with E-state index in [4.69, 9.17) is 4.74 Å². The molecule has 3 nitrogen and oxygen atoms in total. The Kier molecular flexibility index (Phi) is 2.87. The number of fused-ring (bicyclic) bond motifs is 2. The first-order valence-electron chi connectivity index (χ1n) is 5.92. The van der Waals surface area contributed by atoms with E-state index in [0.717, 1.165) is 31.3 Å². The fraction of sp³-hybridized carbons (Fsp3) is 0.692. The molecule has 88 valence electrons. The molecule has 2 bridgehead atoms. The average Bonchev–Trinajstić information content (AvgIpc) is 2.39. The second kappa shape index (κ2) is 4.04. The van der Waals surface area contributed by atoms with Crippen LogP contribution in [0.4, 0.5) is 0 Å². The number of methoxy groups -OCH3 is 1. The van der Waals surface area contributed by atoms with E-state index in [1.54, 1.807) is 0 Å². The van der Waals surface area contributed by atoms with Gasteiger partial charge in [-0.3, -0.25) is 9.59 Å². The Labute approximate surface area is 95.9 Å². The highest BCUT2D eigenvalue weighted by Gasteiger charge is 2.52. The van der Waals surface area contributed by atoms with Crippen LogP contribution in [-0.2, 0) is 14.3 Å². The number of ketones is 1. The predicted molar refractivity (Wildman–Crippen MR) is 59.8 cm³/mol. The van der Waals surface area contributed by atoms with Crippen LogP contribution >= 0.6 is 0 Å². The molecule has 0 spiro atoms. The molecule has 2 saturated carbocycles. The van der Waals surface area contributed by atoms with E-state index in [2.05, 4.69) is 6.58 Å². The first-order valence-corrected chi connectivity index (χ1v) is 5.92. The average molecular weight is 222 g/mol. The summed E-state index contributed by atoms with van der Waals surface area (Å²) in [6.45, 7) is 3.97. The minimum absolute atomic E-state index is 0.0631. The Morgan fingerprint density at radius 1 is 1.44 bits per heavy atom. The van der Waals surface area contributed by atoms with Crippen LogP contribution in [0.15, 0.2) is 12.2 Å². The van der Waals surface area contributed by atoms with Crippen LogP contribution in [0.1, 0.15) is 38.5 Å². The number of esters is 1. The molecule has 0 heterocycles. The van der Waals surface area contributed by atoms with Crippen LogP contribution in [-0.4, -0.2) is 18.9 Å². The van der Waals surface area contributed by atoms with Gasteiger partial charge >= 0.3 is 5.97 Å². The number of ether oxygens (including phenoxy) is 1. The number of rotatable bonds is 1. The second-order valence-corrected chi connectivity index (χ2v) is 4.89. The number of carbonyl (C=O) groups is 2. The highest BCUT2D eigenvalue weighted by molar-refractivity contribution is 6.06. The van der Waals surface area contributed by atoms with Crippen molar-refractivity contribution in [3.8, 4) is 0 Å². The molecule has 2 rings (SSSR count). The maximum absolute atomic E-state index is 12.4. The Morgan fingerprint density at radius 3 is 2.88 bits per heavy atom. The van der Waals surface area contributed by atoms with Crippen molar-refractivity contribution < 1.29 is 14.3 Å². The number of carbonyl (C=O) groups excluding carboxylic acids is 2. The molecule has 0 aliphatic heterocycles. The Morgan fingerprint density at radius 2 is 2.19 bits per heavy atom. The molecule has 0 saturated heterocycles. The minimum Gasteiger partial charge on any atom is -0.468 e. The van der Waals surface area contributed by atoms with Crippen molar-refractivity contribution >= 4 is 11.8 Å². The molecule has 16 heavy (non-hydrogen) atoms. The standard InChI is InChI=1S/C13H18O3/c1-9-6-8-13(12(15)16-2)7-4-3-5-10(9)11(13)14/h10H,1,3-8H2,2H3. The summed E-state index contributed by atoms with van der Waals surface area (Å²) in [6.07, 6.45) is 4.83. The van der Waals surface area contributed by atoms with Crippen molar-refractivity contribution in [1.29, 1.82) is 0 Å². The molecular weight excluding hydrogens is 204 g/mol. The van der Waals surface area contributed by atoms with E-state index in [1.165, 1.54) is 7.11 Å². The molecule has 0 amide bonds. The lowest BCUT2D eigenvalue weighted by Crippen LogP contribution is -2.46. The molecule has 2 unspecified atom stereocenters. The largest absolute Gasteiger partial charge is 0.468 e. The molecule has 2 aliphatic rings. The van der Waals surface area contributed by atoms with Crippen molar-refractivity contribution in [1.82, 2.24) is 0 Å². The summed E-state index contributed by atoms with van der Waals surface area (Å²) in [4.78, 5) is 24.3. The lowest BCUT2D eigenvalue weighted by molar-refractivity contribution is -0.161. The quantitative estimate of drug-likeness (QED) is 0.388. The maximum atomic E-state index is 12.4. The summed E-state index contributed by atoms with van der Waals surface area (Å²) < 4.78 is 4.84. The summed E-state index contributed by atoms with van der Waals surface area (Å²) in [5.41, 5.74) is 0.156. The highest BCUT2D eigenvalue weighted by atomic mass is 16.5. The van der Waals surface area contributed by atoms with E-state index in [1.807, 2.05) is 0 Å². The van der Waals surface area contributed by atoms with E-state index < -0.39 is 5.41 Å². The molecule has 3 heteroatoms. The summed E-state index contributed by atoms with van der Waals surface area (Å²) in [5, 5.41) is 0. The smallest absolute Gasteiger partial charge is 0.319 e. The van der Waals surface area contributed by atoms with Crippen LogP contribution in [0.2, 0.25) is 0 Å². The minimum atomic E-state index is -0.850. The third-order valence-electron chi connectivity index (χ3n) is 4.08. The van der Waals surface area contributed by atoms with Gasteiger partial charge in [-0.2, -0.15) is 0 Å². The fourth-order valence-corrected chi connectivity index (χ4v) is 3.05. The second-order valence-electron chi connectivity index (χ2n) is 4.89. The van der Waals surface area contributed by atoms with Gasteiger partial charge in [0.25, 0.3) is 0 Å². The van der Waals surface area contributed by atoms with E-state index in [0.29, 0.717) is 12.8 Å². The van der Waals surface area contributed by atoms with Crippen molar-refractivity contribution in [3.63, 3.8) is 0 Å². The predicted octanol–water partition coefficient (Wildman–Crippen LogP) is 2.26. The van der Waals surface area contributed by atoms with Crippen LogP contribution in [0.5, 0.6) is 0 Å². The summed E-state index contributed by atoms with van der Waals surface area (Å²) >= 11 is 0. The van der Waals surface area contributed by atoms with Crippen LogP contribution in [0.25, 0.3) is 0 Å². The summed E-state index contributed by atoms with van der Waals surface area (Å²) in [6, 6.07) is 0. The lowest BCUT2D eigenvalue weighted by atomic mass is 9.66. The van der Waals surface area contributed by atoms with Gasteiger partial charge in [-0.25, -0.2) is 0 Å². The van der Waals surface area contributed by atoms with Gasteiger partial charge in [0.1, 0.15) is 5.41 Å². The van der Waals surface area contributed by atoms with E-state index in [9.17, 15) is 9.59 Å². The van der Waals surface area contributed by atoms with Crippen LogP contribution < -0.4 is 0 Å². The molecule has 0 N–H and O–H groups in total. The van der Waals surface area contributed by atoms with Gasteiger partial charge in [0.2, 0.25) is 0 Å². The number of hydrogen-bond acceptors (Lipinski definition) is 3. The zero-order valence-electron chi connectivity index (χ0n) is 9.75. The third kappa shape index (κ3) is 1.49.